The fraction of sp³-hybridized carbons (Fsp3) is 0.182. The molecule has 0 saturated heterocycles. The van der Waals surface area contributed by atoms with Crippen LogP contribution in [0.2, 0.25) is 0 Å². The molecule has 0 unspecified atom stereocenters. The fourth-order valence-electron chi connectivity index (χ4n) is 1.47. The highest BCUT2D eigenvalue weighted by Crippen LogP contribution is 2.37. The zero-order valence-electron chi connectivity index (χ0n) is 7.92. The average Bonchev–Trinajstić information content (AvgIpc) is 2.92. The van der Waals surface area contributed by atoms with E-state index in [-0.39, 0.29) is 6.42 Å². The van der Waals surface area contributed by atoms with E-state index in [0.29, 0.717) is 0 Å². The van der Waals surface area contributed by atoms with E-state index in [1.54, 1.807) is 0 Å². The number of hydrogen-bond donors (Lipinski definition) is 1. The largest absolute Gasteiger partial charge is 0.378 e. The van der Waals surface area contributed by atoms with E-state index in [4.69, 9.17) is 0 Å². The highest BCUT2D eigenvalue weighted by atomic mass is 32.1. The molecule has 1 N–H and O–H groups in total. The number of hydrogen-bond acceptors (Lipinski definition) is 4. The Morgan fingerprint density at radius 3 is 2.07 bits per heavy atom. The first-order valence-electron chi connectivity index (χ1n) is 4.51. The Labute approximate surface area is 95.8 Å². The second-order valence-electron chi connectivity index (χ2n) is 3.19. The van der Waals surface area contributed by atoms with E-state index in [1.807, 2.05) is 35.0 Å². The maximum atomic E-state index is 10.7. The summed E-state index contributed by atoms with van der Waals surface area (Å²) in [7, 11) is 0. The predicted molar refractivity (Wildman–Crippen MR) is 62.3 cm³/mol. The molecule has 0 aliphatic heterocycles. The molecule has 2 heterocycles. The molecule has 0 atom stereocenters. The van der Waals surface area contributed by atoms with Gasteiger partial charge in [0.05, 0.1) is 0 Å². The van der Waals surface area contributed by atoms with Gasteiger partial charge in [-0.25, -0.2) is 0 Å². The van der Waals surface area contributed by atoms with Crippen LogP contribution in [0.15, 0.2) is 35.0 Å². The van der Waals surface area contributed by atoms with Gasteiger partial charge in [0, 0.05) is 16.2 Å². The Kier molecular flexibility index (Phi) is 3.00. The van der Waals surface area contributed by atoms with Crippen molar-refractivity contribution in [3.63, 3.8) is 0 Å². The monoisotopic (exact) mass is 238 g/mol. The highest BCUT2D eigenvalue weighted by Gasteiger charge is 2.33. The lowest BCUT2D eigenvalue weighted by Crippen LogP contribution is -2.25. The van der Waals surface area contributed by atoms with Crippen LogP contribution in [0.3, 0.4) is 0 Å². The minimum Gasteiger partial charge on any atom is -0.378 e. The number of rotatable bonds is 4. The normalized spacial score (nSPS) is 11.5. The molecule has 78 valence electrons. The third kappa shape index (κ3) is 1.88. The average molecular weight is 238 g/mol. The van der Waals surface area contributed by atoms with E-state index >= 15 is 0 Å². The van der Waals surface area contributed by atoms with E-state index < -0.39 is 5.60 Å². The molecule has 0 aromatic carbocycles. The van der Waals surface area contributed by atoms with Crippen molar-refractivity contribution in [2.45, 2.75) is 12.0 Å². The minimum atomic E-state index is -1.13. The number of thiophene rings is 2. The third-order valence-electron chi connectivity index (χ3n) is 2.24. The smallest absolute Gasteiger partial charge is 0.139 e. The summed E-state index contributed by atoms with van der Waals surface area (Å²) in [6, 6.07) is 7.47. The molecule has 0 bridgehead atoms. The highest BCUT2D eigenvalue weighted by molar-refractivity contribution is 7.11. The van der Waals surface area contributed by atoms with Crippen LogP contribution < -0.4 is 0 Å². The molecule has 0 amide bonds. The Bertz CT molecular complexity index is 383. The van der Waals surface area contributed by atoms with Gasteiger partial charge in [0.25, 0.3) is 0 Å². The standard InChI is InChI=1S/C11H10O2S2/c12-6-5-11(13,9-3-1-7-14-9)10-4-2-8-15-10/h1-4,6-8,13H,5H2. The van der Waals surface area contributed by atoms with Gasteiger partial charge in [0.2, 0.25) is 0 Å². The maximum Gasteiger partial charge on any atom is 0.139 e. The van der Waals surface area contributed by atoms with Crippen LogP contribution in [0, 0.1) is 0 Å². The van der Waals surface area contributed by atoms with Crippen LogP contribution in [0.1, 0.15) is 16.2 Å². The van der Waals surface area contributed by atoms with Gasteiger partial charge in [-0.3, -0.25) is 0 Å². The topological polar surface area (TPSA) is 37.3 Å². The quantitative estimate of drug-likeness (QED) is 0.831. The lowest BCUT2D eigenvalue weighted by Gasteiger charge is -2.23. The zero-order chi connectivity index (χ0) is 10.7. The third-order valence-corrected chi connectivity index (χ3v) is 4.28. The Morgan fingerprint density at radius 2 is 1.73 bits per heavy atom. The summed E-state index contributed by atoms with van der Waals surface area (Å²) < 4.78 is 0. The summed E-state index contributed by atoms with van der Waals surface area (Å²) in [6.45, 7) is 0. The first-order valence-corrected chi connectivity index (χ1v) is 6.27. The fourth-order valence-corrected chi connectivity index (χ4v) is 3.23. The van der Waals surface area contributed by atoms with E-state index in [2.05, 4.69) is 0 Å². The van der Waals surface area contributed by atoms with Crippen molar-refractivity contribution >= 4 is 29.0 Å². The minimum absolute atomic E-state index is 0.105. The van der Waals surface area contributed by atoms with Crippen LogP contribution in [0.5, 0.6) is 0 Å². The Morgan fingerprint density at radius 1 is 1.20 bits per heavy atom. The van der Waals surface area contributed by atoms with Crippen molar-refractivity contribution in [1.29, 1.82) is 0 Å². The first-order chi connectivity index (χ1) is 7.27. The molecule has 2 rings (SSSR count). The van der Waals surface area contributed by atoms with Crippen molar-refractivity contribution in [3.05, 3.63) is 44.8 Å². The molecule has 2 nitrogen and oxygen atoms in total. The van der Waals surface area contributed by atoms with Crippen LogP contribution in [0.4, 0.5) is 0 Å². The Hall–Kier alpha value is -0.970. The van der Waals surface area contributed by atoms with Gasteiger partial charge < -0.3 is 9.90 Å². The van der Waals surface area contributed by atoms with Gasteiger partial charge in [0.15, 0.2) is 0 Å². The molecule has 0 fully saturated rings. The molecule has 0 saturated carbocycles. The second kappa shape index (κ2) is 4.26. The number of carbonyl (C=O) groups excluding carboxylic acids is 1. The summed E-state index contributed by atoms with van der Waals surface area (Å²) in [5.74, 6) is 0. The van der Waals surface area contributed by atoms with Gasteiger partial charge in [-0.1, -0.05) is 12.1 Å². The van der Waals surface area contributed by atoms with Gasteiger partial charge in [-0.15, -0.1) is 22.7 Å². The molecule has 0 aliphatic rings. The summed E-state index contributed by atoms with van der Waals surface area (Å²) in [5.41, 5.74) is -1.13. The predicted octanol–water partition coefficient (Wildman–Crippen LogP) is 2.63. The van der Waals surface area contributed by atoms with Crippen molar-refractivity contribution < 1.29 is 9.90 Å². The molecule has 2 aromatic rings. The summed E-state index contributed by atoms with van der Waals surface area (Å²) in [6.07, 6.45) is 0.869. The van der Waals surface area contributed by atoms with Crippen LogP contribution in [0.25, 0.3) is 0 Å². The second-order valence-corrected chi connectivity index (χ2v) is 5.08. The summed E-state index contributed by atoms with van der Waals surface area (Å²) in [5, 5.41) is 14.3. The molecule has 4 heteroatoms. The van der Waals surface area contributed by atoms with E-state index in [9.17, 15) is 9.90 Å². The van der Waals surface area contributed by atoms with E-state index in [0.717, 1.165) is 16.0 Å². The van der Waals surface area contributed by atoms with Crippen LogP contribution in [-0.4, -0.2) is 11.4 Å². The summed E-state index contributed by atoms with van der Waals surface area (Å²) >= 11 is 2.93. The van der Waals surface area contributed by atoms with Gasteiger partial charge >= 0.3 is 0 Å². The Balaban J connectivity index is 2.45. The van der Waals surface area contributed by atoms with Crippen molar-refractivity contribution in [1.82, 2.24) is 0 Å². The molecular weight excluding hydrogens is 228 g/mol. The molecule has 2 aromatic heterocycles. The van der Waals surface area contributed by atoms with E-state index in [1.165, 1.54) is 22.7 Å². The molecule has 15 heavy (non-hydrogen) atoms. The van der Waals surface area contributed by atoms with Crippen LogP contribution >= 0.6 is 22.7 Å². The van der Waals surface area contributed by atoms with Gasteiger partial charge in [-0.2, -0.15) is 0 Å². The van der Waals surface area contributed by atoms with Gasteiger partial charge in [-0.05, 0) is 22.9 Å². The van der Waals surface area contributed by atoms with Crippen molar-refractivity contribution in [3.8, 4) is 0 Å². The van der Waals surface area contributed by atoms with Crippen molar-refractivity contribution in [2.75, 3.05) is 0 Å². The first kappa shape index (κ1) is 10.5. The molecule has 0 spiro atoms. The zero-order valence-corrected chi connectivity index (χ0v) is 9.55. The lowest BCUT2D eigenvalue weighted by molar-refractivity contribution is -0.111. The number of carbonyl (C=O) groups is 1. The van der Waals surface area contributed by atoms with Crippen LogP contribution in [-0.2, 0) is 10.4 Å². The number of aliphatic hydroxyl groups is 1. The van der Waals surface area contributed by atoms with Crippen molar-refractivity contribution in [2.24, 2.45) is 0 Å². The SMILES string of the molecule is O=CCC(O)(c1cccs1)c1cccs1. The van der Waals surface area contributed by atoms with Gasteiger partial charge in [0.1, 0.15) is 11.9 Å². The summed E-state index contributed by atoms with van der Waals surface area (Å²) in [4.78, 5) is 12.3. The molecule has 0 radical (unpaired) electrons. The lowest BCUT2D eigenvalue weighted by atomic mass is 9.96. The molecule has 0 aliphatic carbocycles. The number of aldehydes is 1. The maximum absolute atomic E-state index is 10.7. The molecular formula is C11H10O2S2.